The first-order chi connectivity index (χ1) is 13.1. The van der Waals surface area contributed by atoms with Crippen molar-refractivity contribution in [3.63, 3.8) is 0 Å². The maximum atomic E-state index is 12.4. The van der Waals surface area contributed by atoms with Crippen LogP contribution in [0.2, 0.25) is 0 Å². The van der Waals surface area contributed by atoms with E-state index in [0.717, 1.165) is 28.6 Å². The topological polar surface area (TPSA) is 72.2 Å². The van der Waals surface area contributed by atoms with E-state index < -0.39 is 0 Å². The van der Waals surface area contributed by atoms with Gasteiger partial charge in [-0.3, -0.25) is 14.5 Å². The summed E-state index contributed by atoms with van der Waals surface area (Å²) in [6.45, 7) is 3.17. The molecule has 0 atom stereocenters. The summed E-state index contributed by atoms with van der Waals surface area (Å²) in [6, 6.07) is 10.1. The standard InChI is InChI=1S/C20H23N5O2/c1-3-9-21-18(26)13-24-19-11-16(22-25(19)10-8-20(24)27)15-12-23(2)17-7-5-4-6-14(15)17/h4-7,11-12H,3,8-10,13H2,1-2H3,(H,21,26). The summed E-state index contributed by atoms with van der Waals surface area (Å²) in [5.74, 6) is 0.492. The summed E-state index contributed by atoms with van der Waals surface area (Å²) in [4.78, 5) is 26.1. The third kappa shape index (κ3) is 3.09. The number of nitrogens with one attached hydrogen (secondary N) is 1. The molecule has 0 fully saturated rings. The lowest BCUT2D eigenvalue weighted by molar-refractivity contribution is -0.124. The van der Waals surface area contributed by atoms with Gasteiger partial charge in [-0.15, -0.1) is 0 Å². The number of aryl methyl sites for hydroxylation is 2. The molecule has 1 aliphatic heterocycles. The van der Waals surface area contributed by atoms with E-state index in [0.29, 0.717) is 25.3 Å². The number of hydrogen-bond acceptors (Lipinski definition) is 3. The maximum absolute atomic E-state index is 12.4. The van der Waals surface area contributed by atoms with Crippen LogP contribution in [0, 0.1) is 0 Å². The molecule has 140 valence electrons. The number of para-hydroxylation sites is 1. The molecule has 0 bridgehead atoms. The lowest BCUT2D eigenvalue weighted by Gasteiger charge is -2.26. The fourth-order valence-corrected chi connectivity index (χ4v) is 3.56. The van der Waals surface area contributed by atoms with Crippen molar-refractivity contribution in [3.8, 4) is 11.3 Å². The lowest BCUT2D eigenvalue weighted by atomic mass is 10.1. The number of nitrogens with zero attached hydrogens (tertiary/aromatic N) is 4. The van der Waals surface area contributed by atoms with Crippen LogP contribution in [0.4, 0.5) is 5.82 Å². The molecule has 2 aromatic heterocycles. The van der Waals surface area contributed by atoms with E-state index in [2.05, 4.69) is 28.2 Å². The highest BCUT2D eigenvalue weighted by atomic mass is 16.2. The molecule has 1 aromatic carbocycles. The summed E-state index contributed by atoms with van der Waals surface area (Å²) < 4.78 is 3.90. The monoisotopic (exact) mass is 365 g/mol. The second kappa shape index (κ2) is 6.90. The zero-order valence-electron chi connectivity index (χ0n) is 15.6. The molecule has 7 nitrogen and oxygen atoms in total. The molecule has 4 rings (SSSR count). The average molecular weight is 365 g/mol. The summed E-state index contributed by atoms with van der Waals surface area (Å²) in [5.41, 5.74) is 2.97. The minimum atomic E-state index is -0.147. The Morgan fingerprint density at radius 3 is 2.93 bits per heavy atom. The van der Waals surface area contributed by atoms with Crippen LogP contribution in [-0.2, 0) is 23.2 Å². The molecule has 0 radical (unpaired) electrons. The van der Waals surface area contributed by atoms with E-state index in [1.54, 1.807) is 0 Å². The number of aromatic nitrogens is 3. The number of benzene rings is 1. The van der Waals surface area contributed by atoms with Gasteiger partial charge >= 0.3 is 0 Å². The van der Waals surface area contributed by atoms with Gasteiger partial charge in [0.25, 0.3) is 0 Å². The van der Waals surface area contributed by atoms with E-state index in [1.807, 2.05) is 36.9 Å². The van der Waals surface area contributed by atoms with Crippen LogP contribution in [0.5, 0.6) is 0 Å². The van der Waals surface area contributed by atoms with Crippen molar-refractivity contribution in [1.82, 2.24) is 19.7 Å². The number of fused-ring (bicyclic) bond motifs is 2. The highest BCUT2D eigenvalue weighted by molar-refractivity contribution is 6.00. The molecular formula is C20H23N5O2. The second-order valence-electron chi connectivity index (χ2n) is 6.86. The smallest absolute Gasteiger partial charge is 0.240 e. The van der Waals surface area contributed by atoms with Gasteiger partial charge < -0.3 is 9.88 Å². The fourth-order valence-electron chi connectivity index (χ4n) is 3.56. The van der Waals surface area contributed by atoms with Crippen molar-refractivity contribution >= 4 is 28.5 Å². The highest BCUT2D eigenvalue weighted by Gasteiger charge is 2.28. The van der Waals surface area contributed by atoms with Crippen LogP contribution in [0.3, 0.4) is 0 Å². The molecule has 0 unspecified atom stereocenters. The summed E-state index contributed by atoms with van der Waals surface area (Å²) >= 11 is 0. The molecule has 0 saturated carbocycles. The Labute approximate surface area is 157 Å². The van der Waals surface area contributed by atoms with E-state index in [9.17, 15) is 9.59 Å². The summed E-state index contributed by atoms with van der Waals surface area (Å²) in [5, 5.41) is 8.67. The zero-order chi connectivity index (χ0) is 19.0. The van der Waals surface area contributed by atoms with Crippen molar-refractivity contribution < 1.29 is 9.59 Å². The molecule has 2 amide bonds. The van der Waals surface area contributed by atoms with Crippen LogP contribution in [0.1, 0.15) is 19.8 Å². The van der Waals surface area contributed by atoms with E-state index in [-0.39, 0.29) is 18.4 Å². The molecule has 0 aliphatic carbocycles. The number of carbonyl (C=O) groups excluding carboxylic acids is 2. The molecular weight excluding hydrogens is 342 g/mol. The molecule has 1 N–H and O–H groups in total. The minimum Gasteiger partial charge on any atom is -0.355 e. The van der Waals surface area contributed by atoms with Gasteiger partial charge in [-0.1, -0.05) is 25.1 Å². The van der Waals surface area contributed by atoms with Gasteiger partial charge in [-0.25, -0.2) is 4.68 Å². The molecule has 1 aliphatic rings. The van der Waals surface area contributed by atoms with Crippen LogP contribution < -0.4 is 10.2 Å². The normalized spacial score (nSPS) is 13.9. The Hall–Kier alpha value is -3.09. The van der Waals surface area contributed by atoms with Crippen LogP contribution in [-0.4, -0.2) is 39.3 Å². The van der Waals surface area contributed by atoms with Crippen LogP contribution in [0.25, 0.3) is 22.2 Å². The Balaban J connectivity index is 1.70. The van der Waals surface area contributed by atoms with Crippen molar-refractivity contribution in [1.29, 1.82) is 0 Å². The zero-order valence-corrected chi connectivity index (χ0v) is 15.6. The fraction of sp³-hybridized carbons (Fsp3) is 0.350. The summed E-state index contributed by atoms with van der Waals surface area (Å²) in [7, 11) is 2.01. The van der Waals surface area contributed by atoms with Gasteiger partial charge in [0.15, 0.2) is 0 Å². The quantitative estimate of drug-likeness (QED) is 0.754. The number of hydrogen-bond donors (Lipinski definition) is 1. The van der Waals surface area contributed by atoms with Crippen molar-refractivity contribution in [3.05, 3.63) is 36.5 Å². The van der Waals surface area contributed by atoms with Crippen molar-refractivity contribution in [2.24, 2.45) is 7.05 Å². The average Bonchev–Trinajstić information content (AvgIpc) is 3.24. The molecule has 3 aromatic rings. The maximum Gasteiger partial charge on any atom is 0.240 e. The van der Waals surface area contributed by atoms with Gasteiger partial charge in [0.05, 0.1) is 12.2 Å². The van der Waals surface area contributed by atoms with Gasteiger partial charge in [0, 0.05) is 48.7 Å². The van der Waals surface area contributed by atoms with Crippen LogP contribution >= 0.6 is 0 Å². The number of amides is 2. The minimum absolute atomic E-state index is 0.0273. The molecule has 0 spiro atoms. The molecule has 3 heterocycles. The molecule has 0 saturated heterocycles. The molecule has 27 heavy (non-hydrogen) atoms. The lowest BCUT2D eigenvalue weighted by Crippen LogP contribution is -2.44. The summed E-state index contributed by atoms with van der Waals surface area (Å²) in [6.07, 6.45) is 3.27. The van der Waals surface area contributed by atoms with Crippen molar-refractivity contribution in [2.45, 2.75) is 26.3 Å². The Bertz CT molecular complexity index is 1020. The number of anilines is 1. The van der Waals surface area contributed by atoms with Gasteiger partial charge in [0.2, 0.25) is 11.8 Å². The first kappa shape index (κ1) is 17.3. The van der Waals surface area contributed by atoms with E-state index >= 15 is 0 Å². The van der Waals surface area contributed by atoms with Gasteiger partial charge in [-0.05, 0) is 12.5 Å². The highest BCUT2D eigenvalue weighted by Crippen LogP contribution is 2.33. The first-order valence-corrected chi connectivity index (χ1v) is 9.28. The predicted molar refractivity (Wildman–Crippen MR) is 104 cm³/mol. The van der Waals surface area contributed by atoms with Crippen LogP contribution in [0.15, 0.2) is 36.5 Å². The third-order valence-electron chi connectivity index (χ3n) is 4.92. The first-order valence-electron chi connectivity index (χ1n) is 9.28. The van der Waals surface area contributed by atoms with Crippen molar-refractivity contribution in [2.75, 3.05) is 18.0 Å². The number of carbonyl (C=O) groups is 2. The van der Waals surface area contributed by atoms with E-state index in [1.165, 1.54) is 4.90 Å². The largest absolute Gasteiger partial charge is 0.355 e. The Morgan fingerprint density at radius 2 is 2.11 bits per heavy atom. The Kier molecular flexibility index (Phi) is 4.43. The second-order valence-corrected chi connectivity index (χ2v) is 6.86. The SMILES string of the molecule is CCCNC(=O)CN1C(=O)CCn2nc(-c3cn(C)c4ccccc34)cc21. The Morgan fingerprint density at radius 1 is 1.30 bits per heavy atom. The van der Waals surface area contributed by atoms with Gasteiger partial charge in [0.1, 0.15) is 12.4 Å². The van der Waals surface area contributed by atoms with Gasteiger partial charge in [-0.2, -0.15) is 5.10 Å². The number of rotatable bonds is 5. The van der Waals surface area contributed by atoms with E-state index in [4.69, 9.17) is 5.10 Å². The third-order valence-corrected chi connectivity index (χ3v) is 4.92. The predicted octanol–water partition coefficient (Wildman–Crippen LogP) is 2.30. The molecule has 7 heteroatoms.